The van der Waals surface area contributed by atoms with E-state index < -0.39 is 0 Å². The van der Waals surface area contributed by atoms with Gasteiger partial charge in [-0.1, -0.05) is 30.0 Å². The normalized spacial score (nSPS) is 15.1. The number of benzene rings is 1. The third-order valence-corrected chi connectivity index (χ3v) is 2.68. The van der Waals surface area contributed by atoms with Crippen LogP contribution in [-0.2, 0) is 0 Å². The van der Waals surface area contributed by atoms with E-state index in [1.54, 1.807) is 0 Å². The van der Waals surface area contributed by atoms with Gasteiger partial charge in [0.25, 0.3) is 0 Å². The third kappa shape index (κ3) is 2.99. The molecular weight excluding hydrogens is 180 g/mol. The maximum absolute atomic E-state index is 3.28. The lowest BCUT2D eigenvalue weighted by atomic mass is 10.00. The smallest absolute Gasteiger partial charge is 0.0251 e. The van der Waals surface area contributed by atoms with Crippen molar-refractivity contribution < 1.29 is 0 Å². The maximum Gasteiger partial charge on any atom is 0.0251 e. The van der Waals surface area contributed by atoms with E-state index in [2.05, 4.69) is 49.1 Å². The summed E-state index contributed by atoms with van der Waals surface area (Å²) in [4.78, 5) is 0. The molecule has 0 saturated carbocycles. The molecule has 0 heterocycles. The lowest BCUT2D eigenvalue weighted by Gasteiger charge is -2.05. The molecule has 0 aliphatic heterocycles. The summed E-state index contributed by atoms with van der Waals surface area (Å²) in [6.07, 6.45) is 7.28. The molecule has 0 heteroatoms. The van der Waals surface area contributed by atoms with E-state index in [0.29, 0.717) is 0 Å². The minimum Gasteiger partial charge on any atom is -0.0729 e. The maximum atomic E-state index is 3.28. The minimum absolute atomic E-state index is 1.13. The Morgan fingerprint density at radius 3 is 2.80 bits per heavy atom. The molecule has 0 bridgehead atoms. The van der Waals surface area contributed by atoms with E-state index in [1.807, 2.05) is 0 Å². The number of aryl methyl sites for hydroxylation is 1. The van der Waals surface area contributed by atoms with Crippen molar-refractivity contribution in [3.63, 3.8) is 0 Å². The quantitative estimate of drug-likeness (QED) is 0.553. The molecule has 1 aromatic rings. The van der Waals surface area contributed by atoms with Crippen molar-refractivity contribution >= 4 is 0 Å². The van der Waals surface area contributed by atoms with Crippen molar-refractivity contribution in [2.75, 3.05) is 0 Å². The highest BCUT2D eigenvalue weighted by atomic mass is 14.0. The van der Waals surface area contributed by atoms with Gasteiger partial charge >= 0.3 is 0 Å². The summed E-state index contributed by atoms with van der Waals surface area (Å²) in [5.41, 5.74) is 3.73. The summed E-state index contributed by atoms with van der Waals surface area (Å²) >= 11 is 0. The molecule has 2 rings (SSSR count). The molecule has 0 atom stereocenters. The van der Waals surface area contributed by atoms with Gasteiger partial charge < -0.3 is 0 Å². The van der Waals surface area contributed by atoms with Crippen molar-refractivity contribution in [1.82, 2.24) is 0 Å². The summed E-state index contributed by atoms with van der Waals surface area (Å²) in [6, 6.07) is 8.37. The van der Waals surface area contributed by atoms with Crippen LogP contribution in [0.1, 0.15) is 36.8 Å². The van der Waals surface area contributed by atoms with Gasteiger partial charge in [0.05, 0.1) is 0 Å². The van der Waals surface area contributed by atoms with Gasteiger partial charge in [-0.25, -0.2) is 0 Å². The zero-order valence-electron chi connectivity index (χ0n) is 9.22. The van der Waals surface area contributed by atoms with E-state index in [9.17, 15) is 0 Å². The van der Waals surface area contributed by atoms with Gasteiger partial charge in [-0.3, -0.25) is 0 Å². The molecule has 0 fully saturated rings. The molecule has 0 spiro atoms. The van der Waals surface area contributed by atoms with Crippen LogP contribution in [-0.4, -0.2) is 0 Å². The lowest BCUT2D eigenvalue weighted by Crippen LogP contribution is -1.88. The first-order chi connectivity index (χ1) is 7.34. The summed E-state index contributed by atoms with van der Waals surface area (Å²) in [6.45, 7) is 2.10. The largest absolute Gasteiger partial charge is 0.0729 e. The van der Waals surface area contributed by atoms with Gasteiger partial charge in [-0.15, -0.1) is 0 Å². The highest BCUT2D eigenvalue weighted by molar-refractivity contribution is 5.42. The van der Waals surface area contributed by atoms with Crippen LogP contribution in [0.25, 0.3) is 0 Å². The molecule has 15 heavy (non-hydrogen) atoms. The number of rotatable bonds is 0. The molecule has 0 amide bonds. The molecule has 0 N–H and O–H groups in total. The van der Waals surface area contributed by atoms with Gasteiger partial charge in [0, 0.05) is 5.56 Å². The van der Waals surface area contributed by atoms with Crippen molar-refractivity contribution in [3.05, 3.63) is 47.0 Å². The van der Waals surface area contributed by atoms with Gasteiger partial charge in [0.15, 0.2) is 0 Å². The van der Waals surface area contributed by atoms with E-state index in [4.69, 9.17) is 0 Å². The van der Waals surface area contributed by atoms with Crippen LogP contribution in [0.3, 0.4) is 0 Å². The average molecular weight is 196 g/mol. The second-order valence-corrected chi connectivity index (χ2v) is 4.09. The second kappa shape index (κ2) is 4.84. The van der Waals surface area contributed by atoms with Crippen molar-refractivity contribution in [1.29, 1.82) is 0 Å². The molecule has 0 nitrogen and oxygen atoms in total. The SMILES string of the molecule is Cc1cccc(C#CC2=CCCCC2)c1. The number of hydrogen-bond donors (Lipinski definition) is 0. The lowest BCUT2D eigenvalue weighted by molar-refractivity contribution is 0.715. The molecule has 0 radical (unpaired) electrons. The van der Waals surface area contributed by atoms with Gasteiger partial charge in [0.2, 0.25) is 0 Å². The molecule has 0 aromatic heterocycles. The molecule has 1 aliphatic rings. The fourth-order valence-corrected chi connectivity index (χ4v) is 1.83. The van der Waals surface area contributed by atoms with Gasteiger partial charge in [-0.2, -0.15) is 0 Å². The molecule has 0 unspecified atom stereocenters. The fourth-order valence-electron chi connectivity index (χ4n) is 1.83. The molecule has 76 valence electrons. The standard InChI is InChI=1S/C15H16/c1-13-6-5-9-15(12-13)11-10-14-7-3-2-4-8-14/h5-7,9,12H,2-4,8H2,1H3. The van der Waals surface area contributed by atoms with Crippen molar-refractivity contribution in [3.8, 4) is 11.8 Å². The van der Waals surface area contributed by atoms with Crippen LogP contribution < -0.4 is 0 Å². The zero-order valence-corrected chi connectivity index (χ0v) is 9.22. The Kier molecular flexibility index (Phi) is 3.25. The molecule has 0 saturated heterocycles. The monoisotopic (exact) mass is 196 g/mol. The first-order valence-electron chi connectivity index (χ1n) is 5.62. The Bertz CT molecular complexity index is 427. The van der Waals surface area contributed by atoms with E-state index in [0.717, 1.165) is 5.56 Å². The number of hydrogen-bond acceptors (Lipinski definition) is 0. The van der Waals surface area contributed by atoms with Crippen molar-refractivity contribution in [2.24, 2.45) is 0 Å². The Morgan fingerprint density at radius 1 is 1.13 bits per heavy atom. The van der Waals surface area contributed by atoms with Crippen LogP contribution in [0.4, 0.5) is 0 Å². The average Bonchev–Trinajstić information content (AvgIpc) is 2.28. The molecule has 1 aliphatic carbocycles. The van der Waals surface area contributed by atoms with Crippen LogP contribution in [0.5, 0.6) is 0 Å². The van der Waals surface area contributed by atoms with E-state index in [1.165, 1.54) is 36.8 Å². The zero-order chi connectivity index (χ0) is 10.5. The van der Waals surface area contributed by atoms with E-state index >= 15 is 0 Å². The first-order valence-corrected chi connectivity index (χ1v) is 5.62. The third-order valence-electron chi connectivity index (χ3n) is 2.68. The second-order valence-electron chi connectivity index (χ2n) is 4.09. The summed E-state index contributed by atoms with van der Waals surface area (Å²) < 4.78 is 0. The Labute approximate surface area is 92.0 Å². The van der Waals surface area contributed by atoms with Crippen LogP contribution in [0, 0.1) is 18.8 Å². The topological polar surface area (TPSA) is 0 Å². The Hall–Kier alpha value is -1.48. The Balaban J connectivity index is 2.14. The van der Waals surface area contributed by atoms with Crippen molar-refractivity contribution in [2.45, 2.75) is 32.6 Å². The summed E-state index contributed by atoms with van der Waals surface area (Å²) in [7, 11) is 0. The highest BCUT2D eigenvalue weighted by Crippen LogP contribution is 2.16. The van der Waals surface area contributed by atoms with Crippen LogP contribution in [0.2, 0.25) is 0 Å². The Morgan fingerprint density at radius 2 is 2.07 bits per heavy atom. The first kappa shape index (κ1) is 10.1. The van der Waals surface area contributed by atoms with Gasteiger partial charge in [0.1, 0.15) is 0 Å². The number of allylic oxidation sites excluding steroid dienone is 2. The molecule has 1 aromatic carbocycles. The van der Waals surface area contributed by atoms with E-state index in [-0.39, 0.29) is 0 Å². The summed E-state index contributed by atoms with van der Waals surface area (Å²) in [5.74, 6) is 6.51. The minimum atomic E-state index is 1.13. The van der Waals surface area contributed by atoms with Crippen LogP contribution >= 0.6 is 0 Å². The highest BCUT2D eigenvalue weighted by Gasteiger charge is 1.99. The van der Waals surface area contributed by atoms with Gasteiger partial charge in [-0.05, 0) is 55.9 Å². The van der Waals surface area contributed by atoms with Crippen LogP contribution in [0.15, 0.2) is 35.9 Å². The predicted molar refractivity (Wildman–Crippen MR) is 64.6 cm³/mol. The fraction of sp³-hybridized carbons (Fsp3) is 0.333. The predicted octanol–water partition coefficient (Wildman–Crippen LogP) is 3.85. The molecular formula is C15H16. The summed E-state index contributed by atoms with van der Waals surface area (Å²) in [5, 5.41) is 0.